The summed E-state index contributed by atoms with van der Waals surface area (Å²) in [5.41, 5.74) is 1.76. The number of hydrogen-bond acceptors (Lipinski definition) is 5. The predicted molar refractivity (Wildman–Crippen MR) is 102 cm³/mol. The van der Waals surface area contributed by atoms with Crippen molar-refractivity contribution in [1.82, 2.24) is 10.2 Å². The van der Waals surface area contributed by atoms with Crippen molar-refractivity contribution in [3.05, 3.63) is 68.6 Å². The van der Waals surface area contributed by atoms with Crippen LogP contribution in [0.1, 0.15) is 21.6 Å². The molecule has 0 atom stereocenters. The molecule has 138 valence electrons. The Morgan fingerprint density at radius 2 is 1.89 bits per heavy atom. The van der Waals surface area contributed by atoms with Crippen molar-refractivity contribution in [2.45, 2.75) is 13.8 Å². The van der Waals surface area contributed by atoms with Crippen molar-refractivity contribution >= 4 is 39.9 Å². The van der Waals surface area contributed by atoms with Gasteiger partial charge in [0.15, 0.2) is 12.3 Å². The Kier molecular flexibility index (Phi) is 5.23. The van der Waals surface area contributed by atoms with E-state index in [2.05, 4.69) is 15.5 Å². The molecule has 0 saturated heterocycles. The smallest absolute Gasteiger partial charge is 0.359 e. The maximum absolute atomic E-state index is 12.3. The number of fused-ring (bicyclic) bond motifs is 1. The van der Waals surface area contributed by atoms with Crippen LogP contribution in [-0.4, -0.2) is 28.7 Å². The Morgan fingerprint density at radius 1 is 1.19 bits per heavy atom. The molecule has 0 aliphatic rings. The number of halogens is 1. The number of benzene rings is 2. The van der Waals surface area contributed by atoms with Crippen molar-refractivity contribution in [3.63, 3.8) is 0 Å². The first kappa shape index (κ1) is 18.6. The lowest BCUT2D eigenvalue weighted by Crippen LogP contribution is -2.23. The number of nitrogens with one attached hydrogen (secondary N) is 2. The number of aryl methyl sites for hydroxylation is 2. The first-order chi connectivity index (χ1) is 12.9. The maximum Gasteiger partial charge on any atom is 0.359 e. The minimum Gasteiger partial charge on any atom is -0.451 e. The zero-order valence-electron chi connectivity index (χ0n) is 14.6. The lowest BCUT2D eigenvalue weighted by atomic mass is 10.1. The monoisotopic (exact) mass is 385 g/mol. The third kappa shape index (κ3) is 3.98. The third-order valence-electron chi connectivity index (χ3n) is 3.92. The highest BCUT2D eigenvalue weighted by atomic mass is 35.5. The molecule has 27 heavy (non-hydrogen) atoms. The number of aromatic nitrogens is 2. The summed E-state index contributed by atoms with van der Waals surface area (Å²) in [7, 11) is 0. The van der Waals surface area contributed by atoms with Crippen LogP contribution in [0.4, 0.5) is 5.69 Å². The normalized spacial score (nSPS) is 10.6. The van der Waals surface area contributed by atoms with Crippen molar-refractivity contribution < 1.29 is 14.3 Å². The van der Waals surface area contributed by atoms with Gasteiger partial charge in [-0.15, -0.1) is 0 Å². The average Bonchev–Trinajstić information content (AvgIpc) is 2.63. The number of amides is 1. The van der Waals surface area contributed by atoms with Crippen LogP contribution in [0, 0.1) is 13.8 Å². The summed E-state index contributed by atoms with van der Waals surface area (Å²) in [6.45, 7) is 3.20. The van der Waals surface area contributed by atoms with Crippen LogP contribution in [0.25, 0.3) is 10.8 Å². The number of aromatic amines is 1. The highest BCUT2D eigenvalue weighted by molar-refractivity contribution is 6.34. The molecule has 1 aromatic heterocycles. The highest BCUT2D eigenvalue weighted by Gasteiger charge is 2.17. The van der Waals surface area contributed by atoms with E-state index < -0.39 is 24.0 Å². The van der Waals surface area contributed by atoms with Crippen LogP contribution in [0.15, 0.2) is 41.2 Å². The molecule has 1 heterocycles. The highest BCUT2D eigenvalue weighted by Crippen LogP contribution is 2.27. The minimum absolute atomic E-state index is 0.0671. The van der Waals surface area contributed by atoms with Gasteiger partial charge in [-0.3, -0.25) is 9.59 Å². The van der Waals surface area contributed by atoms with Crippen molar-refractivity contribution in [1.29, 1.82) is 0 Å². The van der Waals surface area contributed by atoms with E-state index in [4.69, 9.17) is 16.3 Å². The lowest BCUT2D eigenvalue weighted by Gasteiger charge is -2.12. The summed E-state index contributed by atoms with van der Waals surface area (Å²) < 4.78 is 5.03. The summed E-state index contributed by atoms with van der Waals surface area (Å²) in [6, 6.07) is 10.1. The molecule has 0 unspecified atom stereocenters. The molecular formula is C19H16ClN3O4. The Hall–Kier alpha value is -3.19. The van der Waals surface area contributed by atoms with Gasteiger partial charge in [0.2, 0.25) is 0 Å². The number of H-pyrrole nitrogens is 1. The van der Waals surface area contributed by atoms with Gasteiger partial charge in [-0.2, -0.15) is 5.10 Å². The van der Waals surface area contributed by atoms with Gasteiger partial charge in [0.05, 0.1) is 16.1 Å². The van der Waals surface area contributed by atoms with Gasteiger partial charge in [0.25, 0.3) is 11.5 Å². The van der Waals surface area contributed by atoms with E-state index in [9.17, 15) is 14.4 Å². The topological polar surface area (TPSA) is 101 Å². The molecular weight excluding hydrogens is 370 g/mol. The number of nitrogens with zero attached hydrogens (tertiary/aromatic N) is 1. The molecule has 0 bridgehead atoms. The molecule has 7 nitrogen and oxygen atoms in total. The Labute approximate surface area is 159 Å². The quantitative estimate of drug-likeness (QED) is 0.672. The van der Waals surface area contributed by atoms with Crippen molar-refractivity contribution in [2.24, 2.45) is 0 Å². The number of ether oxygens (including phenoxy) is 1. The molecule has 0 spiro atoms. The summed E-state index contributed by atoms with van der Waals surface area (Å²) in [6.07, 6.45) is 0. The molecule has 0 aliphatic carbocycles. The van der Waals surface area contributed by atoms with E-state index in [0.29, 0.717) is 21.5 Å². The maximum atomic E-state index is 12.3. The number of carbonyl (C=O) groups is 2. The zero-order valence-corrected chi connectivity index (χ0v) is 15.4. The summed E-state index contributed by atoms with van der Waals surface area (Å²) in [5.74, 6) is -1.35. The van der Waals surface area contributed by atoms with Crippen LogP contribution in [-0.2, 0) is 9.53 Å². The number of rotatable bonds is 4. The van der Waals surface area contributed by atoms with Crippen LogP contribution in [0.3, 0.4) is 0 Å². The molecule has 0 radical (unpaired) electrons. The van der Waals surface area contributed by atoms with E-state index in [1.807, 2.05) is 19.9 Å². The molecule has 3 aromatic rings. The van der Waals surface area contributed by atoms with Crippen LogP contribution in [0.5, 0.6) is 0 Å². The fourth-order valence-electron chi connectivity index (χ4n) is 2.72. The second kappa shape index (κ2) is 7.59. The van der Waals surface area contributed by atoms with Crippen LogP contribution >= 0.6 is 11.6 Å². The fraction of sp³-hybridized carbons (Fsp3) is 0.158. The van der Waals surface area contributed by atoms with Gasteiger partial charge in [-0.1, -0.05) is 35.9 Å². The van der Waals surface area contributed by atoms with Crippen molar-refractivity contribution in [3.8, 4) is 0 Å². The molecule has 2 aromatic carbocycles. The van der Waals surface area contributed by atoms with E-state index in [1.54, 1.807) is 30.3 Å². The second-order valence-electron chi connectivity index (χ2n) is 6.01. The van der Waals surface area contributed by atoms with Crippen LogP contribution in [0.2, 0.25) is 5.02 Å². The van der Waals surface area contributed by atoms with E-state index in [-0.39, 0.29) is 5.69 Å². The summed E-state index contributed by atoms with van der Waals surface area (Å²) in [4.78, 5) is 36.2. The van der Waals surface area contributed by atoms with Gasteiger partial charge >= 0.3 is 5.97 Å². The Bertz CT molecular complexity index is 1080. The average molecular weight is 386 g/mol. The standard InChI is InChI=1S/C19H16ClN3O4/c1-10-7-11(2)16(14(20)8-10)21-15(24)9-27-19(26)17-12-5-3-4-6-13(12)18(25)23-22-17/h3-8H,9H2,1-2H3,(H,21,24)(H,23,25). The molecule has 8 heteroatoms. The molecule has 3 rings (SSSR count). The van der Waals surface area contributed by atoms with Gasteiger partial charge < -0.3 is 10.1 Å². The fourth-order valence-corrected chi connectivity index (χ4v) is 3.09. The predicted octanol–water partition coefficient (Wildman–Crippen LogP) is 2.99. The van der Waals surface area contributed by atoms with Crippen molar-refractivity contribution in [2.75, 3.05) is 11.9 Å². The second-order valence-corrected chi connectivity index (χ2v) is 6.42. The first-order valence-corrected chi connectivity index (χ1v) is 8.45. The van der Waals surface area contributed by atoms with E-state index in [0.717, 1.165) is 11.1 Å². The SMILES string of the molecule is Cc1cc(C)c(NC(=O)COC(=O)c2n[nH]c(=O)c3ccccc23)c(Cl)c1. The summed E-state index contributed by atoms with van der Waals surface area (Å²) >= 11 is 6.15. The van der Waals surface area contributed by atoms with Gasteiger partial charge in [-0.25, -0.2) is 9.89 Å². The summed E-state index contributed by atoms with van der Waals surface area (Å²) in [5, 5.41) is 9.69. The Balaban J connectivity index is 1.72. The van der Waals surface area contributed by atoms with Gasteiger partial charge in [0.1, 0.15) is 0 Å². The molecule has 0 aliphatic heterocycles. The lowest BCUT2D eigenvalue weighted by molar-refractivity contribution is -0.119. The van der Waals surface area contributed by atoms with E-state index in [1.165, 1.54) is 0 Å². The minimum atomic E-state index is -0.815. The molecule has 2 N–H and O–H groups in total. The number of esters is 1. The Morgan fingerprint density at radius 3 is 2.59 bits per heavy atom. The molecule has 1 amide bonds. The zero-order chi connectivity index (χ0) is 19.6. The largest absolute Gasteiger partial charge is 0.451 e. The molecule has 0 fully saturated rings. The van der Waals surface area contributed by atoms with Gasteiger partial charge in [0, 0.05) is 5.39 Å². The number of anilines is 1. The van der Waals surface area contributed by atoms with Crippen LogP contribution < -0.4 is 10.9 Å². The van der Waals surface area contributed by atoms with Gasteiger partial charge in [-0.05, 0) is 37.1 Å². The molecule has 0 saturated carbocycles. The first-order valence-electron chi connectivity index (χ1n) is 8.08. The third-order valence-corrected chi connectivity index (χ3v) is 4.22. The number of carbonyl (C=O) groups excluding carboxylic acids is 2. The van der Waals surface area contributed by atoms with E-state index >= 15 is 0 Å². The number of hydrogen-bond donors (Lipinski definition) is 2.